The highest BCUT2D eigenvalue weighted by molar-refractivity contribution is 5.95. The molecule has 0 aliphatic heterocycles. The number of rotatable bonds is 5. The van der Waals surface area contributed by atoms with Gasteiger partial charge >= 0.3 is 0 Å². The van der Waals surface area contributed by atoms with Crippen LogP contribution in [0.3, 0.4) is 0 Å². The molecule has 0 N–H and O–H groups in total. The number of ketones is 1. The van der Waals surface area contributed by atoms with Crippen molar-refractivity contribution < 1.29 is 13.9 Å². The van der Waals surface area contributed by atoms with E-state index in [-0.39, 0.29) is 23.6 Å². The van der Waals surface area contributed by atoms with E-state index in [0.717, 1.165) is 0 Å². The molecule has 7 heteroatoms. The highest BCUT2D eigenvalue weighted by Gasteiger charge is 2.14. The molecule has 0 spiro atoms. The lowest BCUT2D eigenvalue weighted by Gasteiger charge is -2.06. The fourth-order valence-electron chi connectivity index (χ4n) is 2.04. The number of Topliss-reactive ketones (excluding diaryl/α,β-unsaturated/α-hetero) is 1. The molecule has 120 valence electrons. The third-order valence-electron chi connectivity index (χ3n) is 3.17. The summed E-state index contributed by atoms with van der Waals surface area (Å²) in [5.74, 6) is 0.00559. The summed E-state index contributed by atoms with van der Waals surface area (Å²) in [5.41, 5.74) is 0.962. The number of nitrogens with zero attached hydrogens (tertiary/aromatic N) is 4. The van der Waals surface area contributed by atoms with Crippen LogP contribution < -0.4 is 4.74 Å². The molecule has 3 rings (SSSR count). The first kappa shape index (κ1) is 15.7. The van der Waals surface area contributed by atoms with E-state index in [4.69, 9.17) is 4.74 Å². The Labute approximate surface area is 137 Å². The largest absolute Gasteiger partial charge is 0.454 e. The zero-order valence-corrected chi connectivity index (χ0v) is 12.8. The van der Waals surface area contributed by atoms with Crippen molar-refractivity contribution in [2.24, 2.45) is 0 Å². The molecule has 3 aromatic heterocycles. The predicted molar refractivity (Wildman–Crippen MR) is 83.3 cm³/mol. The van der Waals surface area contributed by atoms with Crippen molar-refractivity contribution in [2.75, 3.05) is 0 Å². The smallest absolute Gasteiger partial charge is 0.187 e. The van der Waals surface area contributed by atoms with Gasteiger partial charge in [-0.1, -0.05) is 0 Å². The van der Waals surface area contributed by atoms with E-state index < -0.39 is 5.82 Å². The number of hydrogen-bond donors (Lipinski definition) is 0. The van der Waals surface area contributed by atoms with Crippen molar-refractivity contribution in [2.45, 2.75) is 13.3 Å². The first-order valence-electron chi connectivity index (χ1n) is 7.15. The molecule has 0 unspecified atom stereocenters. The van der Waals surface area contributed by atoms with Crippen LogP contribution in [0.2, 0.25) is 0 Å². The molecule has 0 aliphatic rings. The maximum atomic E-state index is 13.8. The van der Waals surface area contributed by atoms with Crippen molar-refractivity contribution in [1.29, 1.82) is 0 Å². The van der Waals surface area contributed by atoms with Gasteiger partial charge in [-0.05, 0) is 24.6 Å². The Hall–Kier alpha value is -3.22. The molecule has 0 saturated heterocycles. The van der Waals surface area contributed by atoms with Gasteiger partial charge in [0.2, 0.25) is 0 Å². The number of carbonyl (C=O) groups excluding carboxylic acids is 1. The first-order chi connectivity index (χ1) is 11.6. The molecule has 24 heavy (non-hydrogen) atoms. The summed E-state index contributed by atoms with van der Waals surface area (Å²) in [7, 11) is 0. The Kier molecular flexibility index (Phi) is 4.51. The number of aromatic nitrogens is 4. The monoisotopic (exact) mass is 324 g/mol. The fraction of sp³-hybridized carbons (Fsp3) is 0.118. The number of aryl methyl sites for hydroxylation is 1. The third-order valence-corrected chi connectivity index (χ3v) is 3.17. The highest BCUT2D eigenvalue weighted by atomic mass is 19.1. The van der Waals surface area contributed by atoms with Crippen LogP contribution in [0.1, 0.15) is 21.7 Å². The van der Waals surface area contributed by atoms with Gasteiger partial charge < -0.3 is 4.74 Å². The van der Waals surface area contributed by atoms with E-state index in [0.29, 0.717) is 17.1 Å². The van der Waals surface area contributed by atoms with Crippen molar-refractivity contribution in [3.8, 4) is 11.5 Å². The number of halogens is 1. The molecule has 0 atom stereocenters. The summed E-state index contributed by atoms with van der Waals surface area (Å²) in [6, 6.07) is 4.44. The summed E-state index contributed by atoms with van der Waals surface area (Å²) in [6.07, 6.45) is 7.19. The lowest BCUT2D eigenvalue weighted by Crippen LogP contribution is -2.09. The van der Waals surface area contributed by atoms with Crippen LogP contribution in [0, 0.1) is 12.7 Å². The van der Waals surface area contributed by atoms with Crippen molar-refractivity contribution in [3.05, 3.63) is 72.1 Å². The molecular formula is C17H13FN4O2. The number of hydrogen-bond acceptors (Lipinski definition) is 6. The van der Waals surface area contributed by atoms with E-state index in [1.165, 1.54) is 43.2 Å². The topological polar surface area (TPSA) is 77.9 Å². The molecule has 0 aromatic carbocycles. The van der Waals surface area contributed by atoms with E-state index in [1.807, 2.05) is 0 Å². The standard InChI is InChI=1S/C17H13FN4O2/c1-11-4-14(18)15(22-7-11)6-17(23)16-5-12(2-3-21-16)24-13-8-19-10-20-9-13/h2-5,7-10H,6H2,1H3. The van der Waals surface area contributed by atoms with Crippen LogP contribution in [0.15, 0.2) is 49.3 Å². The van der Waals surface area contributed by atoms with E-state index in [2.05, 4.69) is 19.9 Å². The van der Waals surface area contributed by atoms with Crippen LogP contribution in [-0.2, 0) is 6.42 Å². The lowest BCUT2D eigenvalue weighted by molar-refractivity contribution is 0.0985. The average Bonchev–Trinajstić information content (AvgIpc) is 2.58. The second-order valence-corrected chi connectivity index (χ2v) is 5.09. The molecule has 0 amide bonds. The molecule has 0 fully saturated rings. The molecule has 0 radical (unpaired) electrons. The zero-order chi connectivity index (χ0) is 16.9. The highest BCUT2D eigenvalue weighted by Crippen LogP contribution is 2.20. The number of carbonyl (C=O) groups is 1. The Morgan fingerprint density at radius 1 is 1.12 bits per heavy atom. The van der Waals surface area contributed by atoms with Gasteiger partial charge in [-0.2, -0.15) is 0 Å². The normalized spacial score (nSPS) is 10.4. The van der Waals surface area contributed by atoms with E-state index in [1.54, 1.807) is 13.0 Å². The van der Waals surface area contributed by atoms with Crippen LogP contribution >= 0.6 is 0 Å². The summed E-state index contributed by atoms with van der Waals surface area (Å²) in [4.78, 5) is 28.0. The lowest BCUT2D eigenvalue weighted by atomic mass is 10.1. The molecule has 0 aliphatic carbocycles. The Morgan fingerprint density at radius 3 is 2.67 bits per heavy atom. The molecular weight excluding hydrogens is 311 g/mol. The predicted octanol–water partition coefficient (Wildman–Crippen LogP) is 2.93. The second kappa shape index (κ2) is 6.91. The number of ether oxygens (including phenoxy) is 1. The van der Waals surface area contributed by atoms with Gasteiger partial charge in [0.25, 0.3) is 0 Å². The van der Waals surface area contributed by atoms with E-state index in [9.17, 15) is 9.18 Å². The maximum Gasteiger partial charge on any atom is 0.187 e. The van der Waals surface area contributed by atoms with Crippen molar-refractivity contribution >= 4 is 5.78 Å². The minimum atomic E-state index is -0.503. The molecule has 3 heterocycles. The van der Waals surface area contributed by atoms with Crippen LogP contribution in [0.5, 0.6) is 11.5 Å². The van der Waals surface area contributed by atoms with Gasteiger partial charge in [0.1, 0.15) is 23.6 Å². The maximum absolute atomic E-state index is 13.8. The van der Waals surface area contributed by atoms with Crippen molar-refractivity contribution in [1.82, 2.24) is 19.9 Å². The van der Waals surface area contributed by atoms with Crippen LogP contribution in [0.25, 0.3) is 0 Å². The Balaban J connectivity index is 1.77. The van der Waals surface area contributed by atoms with Crippen molar-refractivity contribution in [3.63, 3.8) is 0 Å². The molecule has 0 saturated carbocycles. The van der Waals surface area contributed by atoms with Crippen LogP contribution in [0.4, 0.5) is 4.39 Å². The van der Waals surface area contributed by atoms with Gasteiger partial charge in [-0.25, -0.2) is 14.4 Å². The SMILES string of the molecule is Cc1cnc(CC(=O)c2cc(Oc3cncnc3)ccn2)c(F)c1. The fourth-order valence-corrected chi connectivity index (χ4v) is 2.04. The minimum absolute atomic E-state index is 0.0928. The first-order valence-corrected chi connectivity index (χ1v) is 7.15. The summed E-state index contributed by atoms with van der Waals surface area (Å²) in [5, 5.41) is 0. The third kappa shape index (κ3) is 3.75. The summed E-state index contributed by atoms with van der Waals surface area (Å²) < 4.78 is 19.4. The Bertz CT molecular complexity index is 871. The van der Waals surface area contributed by atoms with Gasteiger partial charge in [0.15, 0.2) is 11.5 Å². The molecule has 0 bridgehead atoms. The second-order valence-electron chi connectivity index (χ2n) is 5.09. The van der Waals surface area contributed by atoms with Gasteiger partial charge in [0, 0.05) is 18.5 Å². The number of pyridine rings is 2. The van der Waals surface area contributed by atoms with E-state index >= 15 is 0 Å². The Morgan fingerprint density at radius 2 is 1.92 bits per heavy atom. The van der Waals surface area contributed by atoms with Crippen LogP contribution in [-0.4, -0.2) is 25.7 Å². The minimum Gasteiger partial charge on any atom is -0.454 e. The molecule has 3 aromatic rings. The average molecular weight is 324 g/mol. The summed E-state index contributed by atoms with van der Waals surface area (Å²) >= 11 is 0. The van der Waals surface area contributed by atoms with Gasteiger partial charge in [0.05, 0.1) is 24.5 Å². The van der Waals surface area contributed by atoms with Gasteiger partial charge in [-0.3, -0.25) is 14.8 Å². The van der Waals surface area contributed by atoms with Gasteiger partial charge in [-0.15, -0.1) is 0 Å². The molecule has 6 nitrogen and oxygen atoms in total. The summed E-state index contributed by atoms with van der Waals surface area (Å²) in [6.45, 7) is 1.73. The quantitative estimate of drug-likeness (QED) is 0.672. The zero-order valence-electron chi connectivity index (χ0n) is 12.8.